The Morgan fingerprint density at radius 3 is 2.97 bits per heavy atom. The van der Waals surface area contributed by atoms with Crippen LogP contribution < -0.4 is 21.7 Å². The van der Waals surface area contributed by atoms with Crippen LogP contribution in [-0.4, -0.2) is 35.0 Å². The minimum Gasteiger partial charge on any atom is -0.389 e. The fourth-order valence-electron chi connectivity index (χ4n) is 3.47. The largest absolute Gasteiger partial charge is 0.389 e. The van der Waals surface area contributed by atoms with Gasteiger partial charge in [-0.1, -0.05) is 29.0 Å². The van der Waals surface area contributed by atoms with E-state index in [9.17, 15) is 9.18 Å². The first kappa shape index (κ1) is 20.5. The third-order valence-corrected chi connectivity index (χ3v) is 6.11. The van der Waals surface area contributed by atoms with Crippen LogP contribution in [0.2, 0.25) is 5.02 Å². The van der Waals surface area contributed by atoms with E-state index in [0.29, 0.717) is 12.2 Å². The quantitative estimate of drug-likeness (QED) is 0.562. The number of amides is 1. The number of aromatic nitrogens is 2. The zero-order valence-electron chi connectivity index (χ0n) is 15.9. The van der Waals surface area contributed by atoms with Gasteiger partial charge in [0.25, 0.3) is 5.91 Å². The maximum absolute atomic E-state index is 14.2. The van der Waals surface area contributed by atoms with Crippen LogP contribution in [0.3, 0.4) is 0 Å². The molecule has 3 aromatic rings. The highest BCUT2D eigenvalue weighted by atomic mass is 35.5. The number of nitrogen functional groups attached to an aromatic ring is 1. The Bertz CT molecular complexity index is 1070. The molecule has 3 heterocycles. The SMILES string of the molecule is Nc1sc(-c2c(F)cccc2Cl)nc1C(=O)Nc1cnccc1N1CCC[C@H](N)C1. The molecular weight excluding hydrogens is 427 g/mol. The van der Waals surface area contributed by atoms with E-state index in [-0.39, 0.29) is 32.3 Å². The van der Waals surface area contributed by atoms with E-state index >= 15 is 0 Å². The van der Waals surface area contributed by atoms with Crippen molar-refractivity contribution in [2.24, 2.45) is 5.73 Å². The number of carbonyl (C=O) groups excluding carboxylic acids is 1. The van der Waals surface area contributed by atoms with Crippen molar-refractivity contribution in [3.8, 4) is 10.6 Å². The lowest BCUT2D eigenvalue weighted by Crippen LogP contribution is -2.43. The van der Waals surface area contributed by atoms with Crippen LogP contribution >= 0.6 is 22.9 Å². The van der Waals surface area contributed by atoms with Crippen LogP contribution in [0.5, 0.6) is 0 Å². The molecule has 1 saturated heterocycles. The van der Waals surface area contributed by atoms with Gasteiger partial charge in [-0.05, 0) is 31.0 Å². The predicted molar refractivity (Wildman–Crippen MR) is 119 cm³/mol. The number of nitrogens with two attached hydrogens (primary N) is 2. The molecular formula is C20H20ClFN6OS. The molecule has 7 nitrogen and oxygen atoms in total. The fourth-order valence-corrected chi connectivity index (χ4v) is 4.67. The van der Waals surface area contributed by atoms with Crippen LogP contribution in [0.4, 0.5) is 20.8 Å². The number of anilines is 3. The number of rotatable bonds is 4. The second-order valence-corrected chi connectivity index (χ2v) is 8.46. The first-order valence-corrected chi connectivity index (χ1v) is 10.6. The number of benzene rings is 1. The van der Waals surface area contributed by atoms with Gasteiger partial charge in [0.2, 0.25) is 0 Å². The van der Waals surface area contributed by atoms with E-state index in [1.54, 1.807) is 18.5 Å². The molecule has 156 valence electrons. The molecule has 1 fully saturated rings. The minimum atomic E-state index is -0.529. The Balaban J connectivity index is 1.61. The lowest BCUT2D eigenvalue weighted by molar-refractivity contribution is 0.102. The van der Waals surface area contributed by atoms with Crippen molar-refractivity contribution in [3.63, 3.8) is 0 Å². The zero-order chi connectivity index (χ0) is 21.3. The Morgan fingerprint density at radius 2 is 2.20 bits per heavy atom. The number of hydrogen-bond acceptors (Lipinski definition) is 7. The van der Waals surface area contributed by atoms with Gasteiger partial charge in [0.15, 0.2) is 5.69 Å². The zero-order valence-corrected chi connectivity index (χ0v) is 17.5. The Hall–Kier alpha value is -2.75. The van der Waals surface area contributed by atoms with Gasteiger partial charge in [-0.15, -0.1) is 0 Å². The highest BCUT2D eigenvalue weighted by molar-refractivity contribution is 7.19. The lowest BCUT2D eigenvalue weighted by atomic mass is 10.1. The highest BCUT2D eigenvalue weighted by Gasteiger charge is 2.23. The molecule has 1 aromatic carbocycles. The summed E-state index contributed by atoms with van der Waals surface area (Å²) in [6.45, 7) is 1.54. The van der Waals surface area contributed by atoms with Crippen LogP contribution in [0.25, 0.3) is 10.6 Å². The Labute approximate surface area is 181 Å². The second-order valence-electron chi connectivity index (χ2n) is 7.02. The third-order valence-electron chi connectivity index (χ3n) is 4.89. The molecule has 0 saturated carbocycles. The molecule has 0 bridgehead atoms. The van der Waals surface area contributed by atoms with Crippen LogP contribution in [0, 0.1) is 5.82 Å². The first-order valence-electron chi connectivity index (χ1n) is 9.40. The molecule has 0 aliphatic carbocycles. The normalized spacial score (nSPS) is 16.5. The summed E-state index contributed by atoms with van der Waals surface area (Å²) in [4.78, 5) is 23.4. The molecule has 30 heavy (non-hydrogen) atoms. The number of pyridine rings is 1. The smallest absolute Gasteiger partial charge is 0.277 e. The summed E-state index contributed by atoms with van der Waals surface area (Å²) in [5, 5.41) is 3.45. The summed E-state index contributed by atoms with van der Waals surface area (Å²) in [5.41, 5.74) is 13.6. The maximum Gasteiger partial charge on any atom is 0.277 e. The van der Waals surface area contributed by atoms with Crippen molar-refractivity contribution >= 4 is 45.2 Å². The van der Waals surface area contributed by atoms with Crippen LogP contribution in [0.1, 0.15) is 23.3 Å². The molecule has 1 aliphatic heterocycles. The van der Waals surface area contributed by atoms with Crippen molar-refractivity contribution in [3.05, 3.63) is 53.2 Å². The van der Waals surface area contributed by atoms with Gasteiger partial charge in [0.05, 0.1) is 28.2 Å². The summed E-state index contributed by atoms with van der Waals surface area (Å²) in [7, 11) is 0. The number of piperidine rings is 1. The molecule has 4 rings (SSSR count). The minimum absolute atomic E-state index is 0.0134. The molecule has 1 amide bonds. The van der Waals surface area contributed by atoms with Gasteiger partial charge in [0.1, 0.15) is 15.8 Å². The highest BCUT2D eigenvalue weighted by Crippen LogP contribution is 2.36. The summed E-state index contributed by atoms with van der Waals surface area (Å²) in [5.74, 6) is -1.03. The first-order chi connectivity index (χ1) is 14.4. The number of halogens is 2. The van der Waals surface area contributed by atoms with E-state index < -0.39 is 11.7 Å². The van der Waals surface area contributed by atoms with E-state index in [1.807, 2.05) is 6.07 Å². The van der Waals surface area contributed by atoms with Gasteiger partial charge in [0, 0.05) is 25.3 Å². The Kier molecular flexibility index (Phi) is 5.85. The van der Waals surface area contributed by atoms with Gasteiger partial charge < -0.3 is 21.7 Å². The van der Waals surface area contributed by atoms with Gasteiger partial charge in [-0.3, -0.25) is 9.78 Å². The number of nitrogens with one attached hydrogen (secondary N) is 1. The monoisotopic (exact) mass is 446 g/mol. The standard InChI is InChI=1S/C20H20ClFN6OS/c21-12-4-1-5-13(22)16(12)20-27-17(18(24)30-20)19(29)26-14-9-25-7-6-15(14)28-8-2-3-11(23)10-28/h1,4-7,9,11H,2-3,8,10,23-24H2,(H,26,29)/t11-/m0/s1. The molecule has 0 radical (unpaired) electrons. The van der Waals surface area contributed by atoms with Crippen molar-refractivity contribution in [1.29, 1.82) is 0 Å². The van der Waals surface area contributed by atoms with Crippen molar-refractivity contribution in [2.45, 2.75) is 18.9 Å². The molecule has 1 atom stereocenters. The van der Waals surface area contributed by atoms with Gasteiger partial charge >= 0.3 is 0 Å². The molecule has 10 heteroatoms. The number of nitrogens with zero attached hydrogens (tertiary/aromatic N) is 3. The average molecular weight is 447 g/mol. The van der Waals surface area contributed by atoms with Crippen LogP contribution in [0.15, 0.2) is 36.7 Å². The van der Waals surface area contributed by atoms with E-state index in [2.05, 4.69) is 20.2 Å². The molecule has 0 unspecified atom stereocenters. The van der Waals surface area contributed by atoms with E-state index in [0.717, 1.165) is 36.4 Å². The number of hydrogen-bond donors (Lipinski definition) is 3. The van der Waals surface area contributed by atoms with Crippen molar-refractivity contribution < 1.29 is 9.18 Å². The van der Waals surface area contributed by atoms with Crippen molar-refractivity contribution in [2.75, 3.05) is 29.0 Å². The predicted octanol–water partition coefficient (Wildman–Crippen LogP) is 3.76. The molecule has 0 spiro atoms. The van der Waals surface area contributed by atoms with Crippen molar-refractivity contribution in [1.82, 2.24) is 9.97 Å². The van der Waals surface area contributed by atoms with Gasteiger partial charge in [-0.25, -0.2) is 9.37 Å². The lowest BCUT2D eigenvalue weighted by Gasteiger charge is -2.33. The fraction of sp³-hybridized carbons (Fsp3) is 0.250. The summed E-state index contributed by atoms with van der Waals surface area (Å²) in [6.07, 6.45) is 5.19. The van der Waals surface area contributed by atoms with E-state index in [4.69, 9.17) is 23.1 Å². The topological polar surface area (TPSA) is 110 Å². The average Bonchev–Trinajstić information content (AvgIpc) is 3.09. The molecule has 2 aromatic heterocycles. The number of carbonyl (C=O) groups is 1. The summed E-state index contributed by atoms with van der Waals surface area (Å²) in [6, 6.07) is 6.26. The molecule has 1 aliphatic rings. The second kappa shape index (κ2) is 8.55. The molecule has 5 N–H and O–H groups in total. The van der Waals surface area contributed by atoms with Gasteiger partial charge in [-0.2, -0.15) is 0 Å². The van der Waals surface area contributed by atoms with Crippen LogP contribution in [-0.2, 0) is 0 Å². The number of thiazole rings is 1. The third kappa shape index (κ3) is 4.09. The van der Waals surface area contributed by atoms with E-state index in [1.165, 1.54) is 12.1 Å². The summed E-state index contributed by atoms with van der Waals surface area (Å²) < 4.78 is 14.2. The Morgan fingerprint density at radius 1 is 1.37 bits per heavy atom. The summed E-state index contributed by atoms with van der Waals surface area (Å²) >= 11 is 7.12. The maximum atomic E-state index is 14.2.